The molecule has 0 saturated carbocycles. The van der Waals surface area contributed by atoms with E-state index < -0.39 is 11.2 Å². The first-order valence-corrected chi connectivity index (χ1v) is 7.70. The monoisotopic (exact) mass is 331 g/mol. The summed E-state index contributed by atoms with van der Waals surface area (Å²) in [4.78, 5) is 36.6. The van der Waals surface area contributed by atoms with Crippen LogP contribution in [0.4, 0.5) is 0 Å². The number of benzene rings is 1. The third-order valence-electron chi connectivity index (χ3n) is 3.28. The lowest BCUT2D eigenvalue weighted by Crippen LogP contribution is -2.35. The molecule has 7 heteroatoms. The van der Waals surface area contributed by atoms with Gasteiger partial charge < -0.3 is 10.1 Å². The molecule has 1 aromatic heterocycles. The summed E-state index contributed by atoms with van der Waals surface area (Å²) in [5.74, 6) is -0.312. The Bertz CT molecular complexity index is 808. The quantitative estimate of drug-likeness (QED) is 0.784. The molecule has 0 spiro atoms. The van der Waals surface area contributed by atoms with Gasteiger partial charge in [-0.3, -0.25) is 19.1 Å². The lowest BCUT2D eigenvalue weighted by atomic mass is 10.1. The number of carbonyl (C=O) groups excluding carboxylic acids is 1. The van der Waals surface area contributed by atoms with Gasteiger partial charge in [0.05, 0.1) is 12.7 Å². The van der Waals surface area contributed by atoms with Gasteiger partial charge in [-0.15, -0.1) is 0 Å². The molecule has 1 amide bonds. The van der Waals surface area contributed by atoms with E-state index in [9.17, 15) is 14.4 Å². The summed E-state index contributed by atoms with van der Waals surface area (Å²) < 4.78 is 6.70. The maximum absolute atomic E-state index is 11.9. The van der Waals surface area contributed by atoms with E-state index in [0.717, 1.165) is 15.7 Å². The fourth-order valence-electron chi connectivity index (χ4n) is 2.07. The second-order valence-corrected chi connectivity index (χ2v) is 5.69. The lowest BCUT2D eigenvalue weighted by molar-refractivity contribution is -0.121. The third-order valence-corrected chi connectivity index (χ3v) is 3.28. The fourth-order valence-corrected chi connectivity index (χ4v) is 2.07. The number of ether oxygens (including phenoxy) is 1. The maximum Gasteiger partial charge on any atom is 0.328 e. The minimum absolute atomic E-state index is 0.147. The van der Waals surface area contributed by atoms with Crippen molar-refractivity contribution in [3.63, 3.8) is 0 Å². The molecule has 0 aliphatic rings. The summed E-state index contributed by atoms with van der Waals surface area (Å²) in [6.07, 6.45) is 1.45. The summed E-state index contributed by atoms with van der Waals surface area (Å²) in [6, 6.07) is 8.95. The van der Waals surface area contributed by atoms with Crippen LogP contribution in [0.3, 0.4) is 0 Å². The number of nitrogens with zero attached hydrogens (tertiary/aromatic N) is 1. The van der Waals surface area contributed by atoms with Crippen molar-refractivity contribution < 1.29 is 9.53 Å². The highest BCUT2D eigenvalue weighted by Gasteiger charge is 2.05. The summed E-state index contributed by atoms with van der Waals surface area (Å²) in [6.45, 7) is 4.68. The Balaban J connectivity index is 1.90. The van der Waals surface area contributed by atoms with E-state index in [0.29, 0.717) is 13.2 Å². The molecule has 0 atom stereocenters. The first-order chi connectivity index (χ1) is 11.4. The Morgan fingerprint density at radius 2 is 2.00 bits per heavy atom. The second-order valence-electron chi connectivity index (χ2n) is 5.69. The molecule has 0 bridgehead atoms. The zero-order valence-corrected chi connectivity index (χ0v) is 13.7. The molecule has 128 valence electrons. The summed E-state index contributed by atoms with van der Waals surface area (Å²) >= 11 is 0. The summed E-state index contributed by atoms with van der Waals surface area (Å²) in [5, 5.41) is 2.75. The molecule has 1 heterocycles. The van der Waals surface area contributed by atoms with Crippen LogP contribution in [0.25, 0.3) is 0 Å². The van der Waals surface area contributed by atoms with Crippen LogP contribution in [-0.2, 0) is 29.2 Å². The van der Waals surface area contributed by atoms with Gasteiger partial charge in [0.25, 0.3) is 5.56 Å². The largest absolute Gasteiger partial charge is 0.374 e. The Morgan fingerprint density at radius 1 is 1.25 bits per heavy atom. The van der Waals surface area contributed by atoms with Crippen LogP contribution < -0.4 is 16.6 Å². The molecule has 24 heavy (non-hydrogen) atoms. The van der Waals surface area contributed by atoms with Crippen molar-refractivity contribution in [1.29, 1.82) is 0 Å². The van der Waals surface area contributed by atoms with E-state index in [1.54, 1.807) is 0 Å². The third kappa shape index (κ3) is 5.51. The number of H-pyrrole nitrogens is 1. The van der Waals surface area contributed by atoms with Gasteiger partial charge in [0.1, 0.15) is 6.54 Å². The van der Waals surface area contributed by atoms with E-state index in [-0.39, 0.29) is 18.6 Å². The smallest absolute Gasteiger partial charge is 0.328 e. The zero-order valence-electron chi connectivity index (χ0n) is 13.7. The molecule has 2 N–H and O–H groups in total. The molecule has 0 radical (unpaired) electrons. The lowest BCUT2D eigenvalue weighted by Gasteiger charge is -2.10. The fraction of sp³-hybridized carbons (Fsp3) is 0.353. The predicted molar refractivity (Wildman–Crippen MR) is 89.5 cm³/mol. The Kier molecular flexibility index (Phi) is 6.08. The highest BCUT2D eigenvalue weighted by atomic mass is 16.5. The average Bonchev–Trinajstić information content (AvgIpc) is 2.54. The van der Waals surface area contributed by atoms with Gasteiger partial charge in [-0.05, 0) is 25.0 Å². The van der Waals surface area contributed by atoms with Crippen LogP contribution in [-0.4, -0.2) is 21.6 Å². The van der Waals surface area contributed by atoms with Crippen molar-refractivity contribution >= 4 is 5.91 Å². The first kappa shape index (κ1) is 17.7. The standard InChI is InChI=1S/C17H21N3O4/c1-12(2)24-11-14-5-3-4-13(8-14)9-18-16(22)10-20-7-6-15(21)19-17(20)23/h3-8,12H,9-11H2,1-2H3,(H,18,22)(H,19,21,23). The molecular weight excluding hydrogens is 310 g/mol. The molecule has 1 aromatic carbocycles. The molecule has 0 saturated heterocycles. The highest BCUT2D eigenvalue weighted by Crippen LogP contribution is 2.07. The minimum Gasteiger partial charge on any atom is -0.374 e. The predicted octanol–water partition coefficient (Wildman–Crippen LogP) is 0.778. The Labute approximate surface area is 139 Å². The number of carbonyl (C=O) groups is 1. The summed E-state index contributed by atoms with van der Waals surface area (Å²) in [7, 11) is 0. The van der Waals surface area contributed by atoms with E-state index >= 15 is 0 Å². The van der Waals surface area contributed by atoms with Gasteiger partial charge >= 0.3 is 5.69 Å². The normalized spacial score (nSPS) is 10.8. The zero-order chi connectivity index (χ0) is 17.5. The number of nitrogens with one attached hydrogen (secondary N) is 2. The number of hydrogen-bond donors (Lipinski definition) is 2. The molecule has 0 aliphatic carbocycles. The molecular formula is C17H21N3O4. The second kappa shape index (κ2) is 8.26. The van der Waals surface area contributed by atoms with Crippen LogP contribution in [0, 0.1) is 0 Å². The van der Waals surface area contributed by atoms with Gasteiger partial charge in [-0.25, -0.2) is 4.79 Å². The van der Waals surface area contributed by atoms with Crippen molar-refractivity contribution in [3.8, 4) is 0 Å². The molecule has 2 aromatic rings. The number of amides is 1. The number of hydrogen-bond acceptors (Lipinski definition) is 4. The first-order valence-electron chi connectivity index (χ1n) is 7.70. The van der Waals surface area contributed by atoms with E-state index in [2.05, 4.69) is 10.3 Å². The van der Waals surface area contributed by atoms with Crippen LogP contribution in [0.5, 0.6) is 0 Å². The Hall–Kier alpha value is -2.67. The average molecular weight is 331 g/mol. The van der Waals surface area contributed by atoms with Crippen LogP contribution in [0.1, 0.15) is 25.0 Å². The van der Waals surface area contributed by atoms with Crippen molar-refractivity contribution in [2.24, 2.45) is 0 Å². The highest BCUT2D eigenvalue weighted by molar-refractivity contribution is 5.75. The van der Waals surface area contributed by atoms with Gasteiger partial charge in [-0.2, -0.15) is 0 Å². The van der Waals surface area contributed by atoms with Crippen molar-refractivity contribution in [3.05, 3.63) is 68.5 Å². The molecule has 0 unspecified atom stereocenters. The maximum atomic E-state index is 11.9. The van der Waals surface area contributed by atoms with Gasteiger partial charge in [-0.1, -0.05) is 24.3 Å². The SMILES string of the molecule is CC(C)OCc1cccc(CNC(=O)Cn2ccc(=O)[nH]c2=O)c1. The number of aromatic nitrogens is 2. The van der Waals surface area contributed by atoms with Crippen LogP contribution in [0.2, 0.25) is 0 Å². The van der Waals surface area contributed by atoms with E-state index in [4.69, 9.17) is 4.74 Å². The summed E-state index contributed by atoms with van der Waals surface area (Å²) in [5.41, 5.74) is 0.886. The van der Waals surface area contributed by atoms with Crippen molar-refractivity contribution in [2.75, 3.05) is 0 Å². The minimum atomic E-state index is -0.606. The molecule has 7 nitrogen and oxygen atoms in total. The Morgan fingerprint density at radius 3 is 2.71 bits per heavy atom. The number of rotatable bonds is 7. The topological polar surface area (TPSA) is 93.2 Å². The molecule has 2 rings (SSSR count). The van der Waals surface area contributed by atoms with Crippen LogP contribution >= 0.6 is 0 Å². The van der Waals surface area contributed by atoms with Crippen LogP contribution in [0.15, 0.2) is 46.1 Å². The number of aromatic amines is 1. The van der Waals surface area contributed by atoms with E-state index in [1.165, 1.54) is 12.3 Å². The van der Waals surface area contributed by atoms with Gasteiger partial charge in [0, 0.05) is 18.8 Å². The van der Waals surface area contributed by atoms with Gasteiger partial charge in [0.2, 0.25) is 5.91 Å². The van der Waals surface area contributed by atoms with Crippen molar-refractivity contribution in [1.82, 2.24) is 14.9 Å². The molecule has 0 aliphatic heterocycles. The van der Waals surface area contributed by atoms with Crippen molar-refractivity contribution in [2.45, 2.75) is 39.6 Å². The van der Waals surface area contributed by atoms with E-state index in [1.807, 2.05) is 38.1 Å². The molecule has 0 fully saturated rings. The van der Waals surface area contributed by atoms with Gasteiger partial charge in [0.15, 0.2) is 0 Å².